The number of aromatic nitrogens is 1. The van der Waals surface area contributed by atoms with Gasteiger partial charge < -0.3 is 10.4 Å². The maximum Gasteiger partial charge on any atom is 0.221 e. The molecule has 0 spiro atoms. The van der Waals surface area contributed by atoms with Crippen molar-refractivity contribution >= 4 is 17.7 Å². The lowest BCUT2D eigenvalue weighted by Gasteiger charge is -2.36. The SMILES string of the molecule is CSCCC(=O)N[C@@H]1CCN(Cc2cccnc2)C[C@H]1O. The van der Waals surface area contributed by atoms with Crippen molar-refractivity contribution in [3.05, 3.63) is 30.1 Å². The summed E-state index contributed by atoms with van der Waals surface area (Å²) < 4.78 is 0. The Morgan fingerprint density at radius 1 is 1.62 bits per heavy atom. The van der Waals surface area contributed by atoms with E-state index >= 15 is 0 Å². The summed E-state index contributed by atoms with van der Waals surface area (Å²) in [6.45, 7) is 2.25. The van der Waals surface area contributed by atoms with Crippen LogP contribution in [-0.4, -0.2) is 58.1 Å². The molecule has 0 radical (unpaired) electrons. The van der Waals surface area contributed by atoms with Crippen LogP contribution in [-0.2, 0) is 11.3 Å². The molecule has 6 heteroatoms. The van der Waals surface area contributed by atoms with E-state index in [0.29, 0.717) is 13.0 Å². The summed E-state index contributed by atoms with van der Waals surface area (Å²) in [5.74, 6) is 0.857. The van der Waals surface area contributed by atoms with Crippen LogP contribution in [0.15, 0.2) is 24.5 Å². The summed E-state index contributed by atoms with van der Waals surface area (Å²) in [5.41, 5.74) is 1.15. The molecule has 1 aromatic rings. The zero-order chi connectivity index (χ0) is 15.1. The first-order chi connectivity index (χ1) is 10.2. The summed E-state index contributed by atoms with van der Waals surface area (Å²) >= 11 is 1.66. The second-order valence-corrected chi connectivity index (χ2v) is 6.35. The molecule has 0 unspecified atom stereocenters. The number of hydrogen-bond acceptors (Lipinski definition) is 5. The number of aliphatic hydroxyl groups excluding tert-OH is 1. The molecule has 0 aromatic carbocycles. The lowest BCUT2D eigenvalue weighted by atomic mass is 10.0. The molecule has 116 valence electrons. The van der Waals surface area contributed by atoms with E-state index in [1.54, 1.807) is 18.0 Å². The number of pyridine rings is 1. The van der Waals surface area contributed by atoms with E-state index in [9.17, 15) is 9.90 Å². The highest BCUT2D eigenvalue weighted by molar-refractivity contribution is 7.98. The Hall–Kier alpha value is -1.11. The number of carbonyl (C=O) groups excluding carboxylic acids is 1. The van der Waals surface area contributed by atoms with Gasteiger partial charge in [0, 0.05) is 44.2 Å². The maximum absolute atomic E-state index is 11.7. The molecule has 5 nitrogen and oxygen atoms in total. The van der Waals surface area contributed by atoms with Gasteiger partial charge in [0.2, 0.25) is 5.91 Å². The Morgan fingerprint density at radius 2 is 2.48 bits per heavy atom. The second kappa shape index (κ2) is 8.36. The Morgan fingerprint density at radius 3 is 3.14 bits per heavy atom. The predicted molar refractivity (Wildman–Crippen MR) is 85.1 cm³/mol. The molecule has 0 bridgehead atoms. The number of carbonyl (C=O) groups is 1. The van der Waals surface area contributed by atoms with E-state index in [0.717, 1.165) is 30.8 Å². The van der Waals surface area contributed by atoms with E-state index < -0.39 is 6.10 Å². The summed E-state index contributed by atoms with van der Waals surface area (Å²) in [6, 6.07) is 3.84. The number of aliphatic hydroxyl groups is 1. The molecular formula is C15H23N3O2S. The average molecular weight is 309 g/mol. The summed E-state index contributed by atoms with van der Waals surface area (Å²) in [5, 5.41) is 13.2. The zero-order valence-electron chi connectivity index (χ0n) is 12.4. The van der Waals surface area contributed by atoms with Crippen LogP contribution in [0.3, 0.4) is 0 Å². The molecule has 1 aromatic heterocycles. The highest BCUT2D eigenvalue weighted by Crippen LogP contribution is 2.14. The van der Waals surface area contributed by atoms with Crippen LogP contribution >= 0.6 is 11.8 Å². The third kappa shape index (κ3) is 5.30. The van der Waals surface area contributed by atoms with Gasteiger partial charge in [0.15, 0.2) is 0 Å². The van der Waals surface area contributed by atoms with Crippen molar-refractivity contribution in [2.45, 2.75) is 31.5 Å². The highest BCUT2D eigenvalue weighted by atomic mass is 32.2. The van der Waals surface area contributed by atoms with Gasteiger partial charge in [0.25, 0.3) is 0 Å². The van der Waals surface area contributed by atoms with Gasteiger partial charge in [0.1, 0.15) is 0 Å². The molecule has 1 aliphatic rings. The summed E-state index contributed by atoms with van der Waals surface area (Å²) in [4.78, 5) is 18.0. The molecule has 1 saturated heterocycles. The van der Waals surface area contributed by atoms with Crippen LogP contribution in [0.2, 0.25) is 0 Å². The first-order valence-corrected chi connectivity index (χ1v) is 8.66. The molecule has 21 heavy (non-hydrogen) atoms. The molecule has 2 N–H and O–H groups in total. The van der Waals surface area contributed by atoms with Gasteiger partial charge >= 0.3 is 0 Å². The number of likely N-dealkylation sites (tertiary alicyclic amines) is 1. The highest BCUT2D eigenvalue weighted by Gasteiger charge is 2.28. The van der Waals surface area contributed by atoms with E-state index in [4.69, 9.17) is 0 Å². The smallest absolute Gasteiger partial charge is 0.221 e. The van der Waals surface area contributed by atoms with Crippen LogP contribution in [0.5, 0.6) is 0 Å². The number of piperidine rings is 1. The Kier molecular flexibility index (Phi) is 6.48. The van der Waals surface area contributed by atoms with Crippen molar-refractivity contribution in [2.75, 3.05) is 25.1 Å². The van der Waals surface area contributed by atoms with Crippen LogP contribution in [0, 0.1) is 0 Å². The fraction of sp³-hybridized carbons (Fsp3) is 0.600. The molecule has 2 atom stereocenters. The fourth-order valence-corrected chi connectivity index (χ4v) is 2.92. The molecule has 0 aliphatic carbocycles. The molecule has 2 heterocycles. The largest absolute Gasteiger partial charge is 0.390 e. The van der Waals surface area contributed by atoms with E-state index in [2.05, 4.69) is 15.2 Å². The van der Waals surface area contributed by atoms with Gasteiger partial charge in [-0.2, -0.15) is 11.8 Å². The van der Waals surface area contributed by atoms with Gasteiger partial charge in [-0.15, -0.1) is 0 Å². The Bertz CT molecular complexity index is 444. The standard InChI is InChI=1S/C15H23N3O2S/c1-21-8-5-15(20)17-13-4-7-18(11-14(13)19)10-12-3-2-6-16-9-12/h2-3,6,9,13-14,19H,4-5,7-8,10-11H2,1H3,(H,17,20)/t13-,14-/m1/s1. The van der Waals surface area contributed by atoms with Gasteiger partial charge in [0.05, 0.1) is 12.1 Å². The lowest BCUT2D eigenvalue weighted by Crippen LogP contribution is -2.53. The molecular weight excluding hydrogens is 286 g/mol. The minimum Gasteiger partial charge on any atom is -0.390 e. The fourth-order valence-electron chi connectivity index (χ4n) is 2.53. The van der Waals surface area contributed by atoms with Crippen LogP contribution in [0.1, 0.15) is 18.4 Å². The minimum absolute atomic E-state index is 0.0362. The van der Waals surface area contributed by atoms with Crippen molar-refractivity contribution in [2.24, 2.45) is 0 Å². The Labute approximate surface area is 130 Å². The van der Waals surface area contributed by atoms with E-state index in [-0.39, 0.29) is 11.9 Å². The second-order valence-electron chi connectivity index (χ2n) is 5.37. The number of rotatable bonds is 6. The molecule has 1 fully saturated rings. The lowest BCUT2D eigenvalue weighted by molar-refractivity contribution is -0.123. The van der Waals surface area contributed by atoms with Crippen LogP contribution in [0.25, 0.3) is 0 Å². The van der Waals surface area contributed by atoms with Crippen LogP contribution in [0.4, 0.5) is 0 Å². The number of β-amino-alcohol motifs (C(OH)–C–C–N with tert-alkyl or cyclic N) is 1. The average Bonchev–Trinajstić information content (AvgIpc) is 2.49. The zero-order valence-corrected chi connectivity index (χ0v) is 13.2. The van der Waals surface area contributed by atoms with Crippen molar-refractivity contribution in [1.29, 1.82) is 0 Å². The van der Waals surface area contributed by atoms with E-state index in [1.165, 1.54) is 0 Å². The number of nitrogens with one attached hydrogen (secondary N) is 1. The topological polar surface area (TPSA) is 65.5 Å². The normalized spacial score (nSPS) is 23.0. The number of nitrogens with zero attached hydrogens (tertiary/aromatic N) is 2. The predicted octanol–water partition coefficient (Wildman–Crippen LogP) is 0.886. The maximum atomic E-state index is 11.7. The quantitative estimate of drug-likeness (QED) is 0.817. The van der Waals surface area contributed by atoms with Crippen molar-refractivity contribution in [3.8, 4) is 0 Å². The summed E-state index contributed by atoms with van der Waals surface area (Å²) in [6.07, 6.45) is 6.39. The monoisotopic (exact) mass is 309 g/mol. The third-order valence-corrected chi connectivity index (χ3v) is 4.29. The number of hydrogen-bond donors (Lipinski definition) is 2. The Balaban J connectivity index is 1.78. The first-order valence-electron chi connectivity index (χ1n) is 7.26. The van der Waals surface area contributed by atoms with Crippen molar-refractivity contribution in [3.63, 3.8) is 0 Å². The van der Waals surface area contributed by atoms with Gasteiger partial charge in [-0.05, 0) is 24.3 Å². The molecule has 1 aliphatic heterocycles. The number of thioether (sulfide) groups is 1. The minimum atomic E-state index is -0.506. The van der Waals surface area contributed by atoms with E-state index in [1.807, 2.05) is 24.6 Å². The van der Waals surface area contributed by atoms with Crippen molar-refractivity contribution < 1.29 is 9.90 Å². The van der Waals surface area contributed by atoms with Gasteiger partial charge in [-0.1, -0.05) is 6.07 Å². The van der Waals surface area contributed by atoms with Crippen molar-refractivity contribution in [1.82, 2.24) is 15.2 Å². The van der Waals surface area contributed by atoms with Gasteiger partial charge in [-0.25, -0.2) is 0 Å². The molecule has 0 saturated carbocycles. The molecule has 2 rings (SSSR count). The number of amides is 1. The third-order valence-electron chi connectivity index (χ3n) is 3.67. The van der Waals surface area contributed by atoms with Crippen LogP contribution < -0.4 is 5.32 Å². The first kappa shape index (κ1) is 16.3. The molecule has 1 amide bonds. The van der Waals surface area contributed by atoms with Gasteiger partial charge in [-0.3, -0.25) is 14.7 Å². The summed E-state index contributed by atoms with van der Waals surface area (Å²) in [7, 11) is 0.